The van der Waals surface area contributed by atoms with Crippen LogP contribution in [0.25, 0.3) is 0 Å². The molecule has 1 fully saturated rings. The Morgan fingerprint density at radius 1 is 1.08 bits per heavy atom. The first-order valence-corrected chi connectivity index (χ1v) is 9.28. The van der Waals surface area contributed by atoms with Crippen LogP contribution in [-0.4, -0.2) is 23.8 Å². The van der Waals surface area contributed by atoms with E-state index in [1.165, 1.54) is 12.5 Å². The molecule has 2 aliphatic rings. The number of carbonyl (C=O) groups excluding carboxylic acids is 1. The van der Waals surface area contributed by atoms with Crippen LogP contribution in [0.4, 0.5) is 0 Å². The molecule has 0 saturated carbocycles. The van der Waals surface area contributed by atoms with E-state index in [1.54, 1.807) is 0 Å². The van der Waals surface area contributed by atoms with Crippen molar-refractivity contribution >= 4 is 5.97 Å². The highest BCUT2D eigenvalue weighted by Gasteiger charge is 2.40. The second-order valence-electron chi connectivity index (χ2n) is 8.25. The molecule has 2 atom stereocenters. The molecule has 0 aromatic heterocycles. The average molecular weight is 346 g/mol. The number of fused-ring (bicyclic) bond motifs is 1. The van der Waals surface area contributed by atoms with Gasteiger partial charge in [0.05, 0.1) is 12.2 Å². The summed E-state index contributed by atoms with van der Waals surface area (Å²) in [5.41, 5.74) is 4.29. The fourth-order valence-corrected chi connectivity index (χ4v) is 3.86. The minimum Gasteiger partial charge on any atom is -0.487 e. The summed E-state index contributed by atoms with van der Waals surface area (Å²) in [6.45, 7) is 12.8. The maximum absolute atomic E-state index is 11.4. The zero-order valence-electron chi connectivity index (χ0n) is 16.4. The van der Waals surface area contributed by atoms with E-state index in [0.717, 1.165) is 61.2 Å². The summed E-state index contributed by atoms with van der Waals surface area (Å²) in [4.78, 5) is 11.4. The highest BCUT2D eigenvalue weighted by molar-refractivity contribution is 5.72. The first-order valence-electron chi connectivity index (χ1n) is 9.28. The molecule has 0 amide bonds. The highest BCUT2D eigenvalue weighted by atomic mass is 16.6. The van der Waals surface area contributed by atoms with Gasteiger partial charge in [-0.15, -0.1) is 0 Å². The molecule has 2 unspecified atom stereocenters. The molecule has 0 spiro atoms. The number of hydrogen-bond acceptors (Lipinski definition) is 4. The predicted molar refractivity (Wildman–Crippen MR) is 97.5 cm³/mol. The van der Waals surface area contributed by atoms with Gasteiger partial charge in [-0.25, -0.2) is 0 Å². The third-order valence-corrected chi connectivity index (χ3v) is 5.86. The SMILES string of the molecule is CC(=O)Oc1c(C)c(C)c2c(c1C)CCC(C)(CCCC1(C)CO1)O2. The number of benzene rings is 1. The standard InChI is InChI=1S/C21H30O4/c1-13-14(2)19-17(15(3)18(13)24-16(4)22)8-11-20(5,25-19)9-7-10-21(6)12-23-21/h7-12H2,1-6H3. The van der Waals surface area contributed by atoms with E-state index in [-0.39, 0.29) is 17.2 Å². The fraction of sp³-hybridized carbons (Fsp3) is 0.667. The Hall–Kier alpha value is -1.55. The van der Waals surface area contributed by atoms with Crippen molar-refractivity contribution in [3.63, 3.8) is 0 Å². The molecule has 4 heteroatoms. The number of hydrogen-bond donors (Lipinski definition) is 0. The first kappa shape index (κ1) is 18.2. The number of epoxide rings is 1. The van der Waals surface area contributed by atoms with Crippen LogP contribution in [0.1, 0.15) is 68.7 Å². The van der Waals surface area contributed by atoms with E-state index in [2.05, 4.69) is 20.8 Å². The van der Waals surface area contributed by atoms with Crippen LogP contribution in [0.15, 0.2) is 0 Å². The molecule has 0 aliphatic carbocycles. The molecule has 0 bridgehead atoms. The lowest BCUT2D eigenvalue weighted by Crippen LogP contribution is -2.37. The number of rotatable bonds is 5. The third-order valence-electron chi connectivity index (χ3n) is 5.86. The summed E-state index contributed by atoms with van der Waals surface area (Å²) in [6.07, 6.45) is 5.20. The summed E-state index contributed by atoms with van der Waals surface area (Å²) in [6, 6.07) is 0. The quantitative estimate of drug-likeness (QED) is 0.445. The highest BCUT2D eigenvalue weighted by Crippen LogP contribution is 2.45. The minimum atomic E-state index is -0.275. The zero-order chi connectivity index (χ0) is 18.4. The lowest BCUT2D eigenvalue weighted by Gasteiger charge is -2.38. The third kappa shape index (κ3) is 3.69. The van der Waals surface area contributed by atoms with Gasteiger partial charge in [-0.2, -0.15) is 0 Å². The van der Waals surface area contributed by atoms with Crippen LogP contribution >= 0.6 is 0 Å². The maximum atomic E-state index is 11.4. The van der Waals surface area contributed by atoms with Gasteiger partial charge in [0.15, 0.2) is 0 Å². The van der Waals surface area contributed by atoms with E-state index in [9.17, 15) is 4.79 Å². The van der Waals surface area contributed by atoms with E-state index in [1.807, 2.05) is 13.8 Å². The monoisotopic (exact) mass is 346 g/mol. The molecule has 0 N–H and O–H groups in total. The smallest absolute Gasteiger partial charge is 0.308 e. The Kier molecular flexibility index (Phi) is 4.61. The molecule has 3 rings (SSSR count). The average Bonchev–Trinajstić information content (AvgIpc) is 3.26. The summed E-state index contributed by atoms with van der Waals surface area (Å²) < 4.78 is 17.5. The van der Waals surface area contributed by atoms with Gasteiger partial charge >= 0.3 is 5.97 Å². The molecule has 2 aliphatic heterocycles. The Labute approximate surface area is 150 Å². The van der Waals surface area contributed by atoms with Crippen molar-refractivity contribution in [2.75, 3.05) is 6.61 Å². The first-order chi connectivity index (χ1) is 11.6. The Bertz CT molecular complexity index is 703. The van der Waals surface area contributed by atoms with Crippen molar-refractivity contribution in [3.05, 3.63) is 22.3 Å². The molecule has 2 heterocycles. The van der Waals surface area contributed by atoms with Crippen LogP contribution in [0.3, 0.4) is 0 Å². The molecule has 0 radical (unpaired) electrons. The minimum absolute atomic E-state index is 0.116. The van der Waals surface area contributed by atoms with Gasteiger partial charge < -0.3 is 14.2 Å². The van der Waals surface area contributed by atoms with Crippen LogP contribution in [0.5, 0.6) is 11.5 Å². The van der Waals surface area contributed by atoms with E-state index in [4.69, 9.17) is 14.2 Å². The van der Waals surface area contributed by atoms with Gasteiger partial charge in [0.25, 0.3) is 0 Å². The molecule has 1 aromatic carbocycles. The van der Waals surface area contributed by atoms with E-state index >= 15 is 0 Å². The second-order valence-corrected chi connectivity index (χ2v) is 8.25. The van der Waals surface area contributed by atoms with Crippen molar-refractivity contribution in [1.29, 1.82) is 0 Å². The van der Waals surface area contributed by atoms with Crippen LogP contribution in [-0.2, 0) is 16.0 Å². The molecule has 1 saturated heterocycles. The van der Waals surface area contributed by atoms with Crippen molar-refractivity contribution in [2.24, 2.45) is 0 Å². The van der Waals surface area contributed by atoms with Gasteiger partial charge in [-0.1, -0.05) is 0 Å². The number of carbonyl (C=O) groups is 1. The topological polar surface area (TPSA) is 48.1 Å². The molecule has 25 heavy (non-hydrogen) atoms. The zero-order valence-corrected chi connectivity index (χ0v) is 16.4. The largest absolute Gasteiger partial charge is 0.487 e. The van der Waals surface area contributed by atoms with Gasteiger partial charge in [0.1, 0.15) is 17.1 Å². The summed E-state index contributed by atoms with van der Waals surface area (Å²) in [5.74, 6) is 1.42. The normalized spacial score (nSPS) is 27.4. The Morgan fingerprint density at radius 3 is 2.32 bits per heavy atom. The molecular weight excluding hydrogens is 316 g/mol. The summed E-state index contributed by atoms with van der Waals surface area (Å²) in [5, 5.41) is 0. The van der Waals surface area contributed by atoms with Gasteiger partial charge in [0.2, 0.25) is 0 Å². The van der Waals surface area contributed by atoms with Gasteiger partial charge in [-0.05, 0) is 83.4 Å². The Morgan fingerprint density at radius 2 is 1.72 bits per heavy atom. The van der Waals surface area contributed by atoms with Crippen LogP contribution in [0, 0.1) is 20.8 Å². The van der Waals surface area contributed by atoms with Gasteiger partial charge in [-0.3, -0.25) is 4.79 Å². The van der Waals surface area contributed by atoms with E-state index < -0.39 is 0 Å². The molecule has 138 valence electrons. The number of ether oxygens (including phenoxy) is 3. The van der Waals surface area contributed by atoms with Crippen molar-refractivity contribution in [2.45, 2.75) is 84.8 Å². The maximum Gasteiger partial charge on any atom is 0.308 e. The van der Waals surface area contributed by atoms with Crippen molar-refractivity contribution in [3.8, 4) is 11.5 Å². The Balaban J connectivity index is 1.81. The van der Waals surface area contributed by atoms with Crippen LogP contribution < -0.4 is 9.47 Å². The van der Waals surface area contributed by atoms with Crippen LogP contribution in [0.2, 0.25) is 0 Å². The van der Waals surface area contributed by atoms with Crippen molar-refractivity contribution < 1.29 is 19.0 Å². The van der Waals surface area contributed by atoms with E-state index in [0.29, 0.717) is 5.75 Å². The summed E-state index contributed by atoms with van der Waals surface area (Å²) >= 11 is 0. The van der Waals surface area contributed by atoms with Crippen molar-refractivity contribution in [1.82, 2.24) is 0 Å². The summed E-state index contributed by atoms with van der Waals surface area (Å²) in [7, 11) is 0. The predicted octanol–water partition coefficient (Wildman–Crippen LogP) is 4.58. The second kappa shape index (κ2) is 6.31. The lowest BCUT2D eigenvalue weighted by atomic mass is 9.84. The molecular formula is C21H30O4. The lowest BCUT2D eigenvalue weighted by molar-refractivity contribution is -0.132. The number of esters is 1. The molecule has 4 nitrogen and oxygen atoms in total. The molecule has 1 aromatic rings. The van der Waals surface area contributed by atoms with Gasteiger partial charge in [0, 0.05) is 12.5 Å². The fourth-order valence-electron chi connectivity index (χ4n) is 3.86.